The van der Waals surface area contributed by atoms with Crippen molar-refractivity contribution in [2.75, 3.05) is 29.9 Å². The first-order valence-corrected chi connectivity index (χ1v) is 8.95. The van der Waals surface area contributed by atoms with E-state index in [1.165, 1.54) is 6.92 Å². The highest BCUT2D eigenvalue weighted by Crippen LogP contribution is 2.28. The first kappa shape index (κ1) is 18.4. The fourth-order valence-corrected chi connectivity index (χ4v) is 3.67. The van der Waals surface area contributed by atoms with Crippen molar-refractivity contribution in [2.24, 2.45) is 5.92 Å². The van der Waals surface area contributed by atoms with Gasteiger partial charge >= 0.3 is 0 Å². The highest BCUT2D eigenvalue weighted by atomic mass is 16.5. The van der Waals surface area contributed by atoms with Crippen LogP contribution >= 0.6 is 0 Å². The van der Waals surface area contributed by atoms with Crippen molar-refractivity contribution in [2.45, 2.75) is 39.4 Å². The summed E-state index contributed by atoms with van der Waals surface area (Å²) >= 11 is 0. The average molecular weight is 359 g/mol. The molecule has 0 aromatic heterocycles. The van der Waals surface area contributed by atoms with Crippen LogP contribution in [0.3, 0.4) is 0 Å². The number of benzene rings is 1. The van der Waals surface area contributed by atoms with Gasteiger partial charge in [0, 0.05) is 44.4 Å². The molecule has 2 saturated heterocycles. The van der Waals surface area contributed by atoms with Gasteiger partial charge in [-0.25, -0.2) is 0 Å². The van der Waals surface area contributed by atoms with Crippen LogP contribution in [0.5, 0.6) is 0 Å². The van der Waals surface area contributed by atoms with Crippen LogP contribution in [0, 0.1) is 5.92 Å². The highest BCUT2D eigenvalue weighted by molar-refractivity contribution is 6.00. The Morgan fingerprint density at radius 1 is 1.08 bits per heavy atom. The fourth-order valence-electron chi connectivity index (χ4n) is 3.67. The second kappa shape index (κ2) is 7.45. The minimum atomic E-state index is -0.324. The summed E-state index contributed by atoms with van der Waals surface area (Å²) < 4.78 is 5.68. The summed E-state index contributed by atoms with van der Waals surface area (Å²) in [5, 5.41) is 2.70. The van der Waals surface area contributed by atoms with Gasteiger partial charge in [0.2, 0.25) is 17.7 Å². The van der Waals surface area contributed by atoms with Crippen LogP contribution in [0.4, 0.5) is 11.4 Å². The molecular weight excluding hydrogens is 334 g/mol. The molecule has 1 aromatic rings. The Labute approximate surface area is 153 Å². The van der Waals surface area contributed by atoms with E-state index in [4.69, 9.17) is 4.74 Å². The Morgan fingerprint density at radius 3 is 2.27 bits per heavy atom. The summed E-state index contributed by atoms with van der Waals surface area (Å²) in [5.41, 5.74) is 1.42. The Balaban J connectivity index is 1.66. The summed E-state index contributed by atoms with van der Waals surface area (Å²) in [6.07, 6.45) is 0.251. The van der Waals surface area contributed by atoms with E-state index >= 15 is 0 Å². The van der Waals surface area contributed by atoms with E-state index < -0.39 is 0 Å². The lowest BCUT2D eigenvalue weighted by atomic mass is 10.1. The predicted molar refractivity (Wildman–Crippen MR) is 97.8 cm³/mol. The number of carbonyl (C=O) groups is 3. The SMILES string of the molecule is CC(=O)Nc1ccc(N2C[C@@H](C(=O)N3C[C@@H](C)O[C@@H](C)C3)CC2=O)cc1. The highest BCUT2D eigenvalue weighted by Gasteiger charge is 2.38. The maximum absolute atomic E-state index is 12.8. The largest absolute Gasteiger partial charge is 0.372 e. The molecule has 7 heteroatoms. The van der Waals surface area contributed by atoms with Crippen molar-refractivity contribution in [1.82, 2.24) is 4.90 Å². The molecule has 0 spiro atoms. The number of carbonyl (C=O) groups excluding carboxylic acids is 3. The topological polar surface area (TPSA) is 79.0 Å². The zero-order valence-corrected chi connectivity index (χ0v) is 15.4. The van der Waals surface area contributed by atoms with Gasteiger partial charge in [-0.15, -0.1) is 0 Å². The smallest absolute Gasteiger partial charge is 0.228 e. The maximum Gasteiger partial charge on any atom is 0.228 e. The second-order valence-electron chi connectivity index (χ2n) is 7.13. The van der Waals surface area contributed by atoms with E-state index in [0.29, 0.717) is 25.3 Å². The summed E-state index contributed by atoms with van der Waals surface area (Å²) in [5.74, 6) is -0.493. The molecule has 1 aromatic carbocycles. The Bertz CT molecular complexity index is 693. The van der Waals surface area contributed by atoms with Crippen molar-refractivity contribution in [1.29, 1.82) is 0 Å². The first-order valence-electron chi connectivity index (χ1n) is 8.95. The summed E-state index contributed by atoms with van der Waals surface area (Å²) in [6, 6.07) is 7.08. The van der Waals surface area contributed by atoms with Gasteiger partial charge in [-0.3, -0.25) is 14.4 Å². The van der Waals surface area contributed by atoms with E-state index in [2.05, 4.69) is 5.32 Å². The van der Waals surface area contributed by atoms with Crippen molar-refractivity contribution in [3.8, 4) is 0 Å². The summed E-state index contributed by atoms with van der Waals surface area (Å²) in [6.45, 7) is 6.88. The number of ether oxygens (including phenoxy) is 1. The van der Waals surface area contributed by atoms with Gasteiger partial charge in [-0.2, -0.15) is 0 Å². The lowest BCUT2D eigenvalue weighted by Crippen LogP contribution is -2.50. The molecule has 2 aliphatic heterocycles. The lowest BCUT2D eigenvalue weighted by molar-refractivity contribution is -0.147. The molecular formula is C19H25N3O4. The quantitative estimate of drug-likeness (QED) is 0.890. The van der Waals surface area contributed by atoms with Crippen LogP contribution < -0.4 is 10.2 Å². The predicted octanol–water partition coefficient (Wildman–Crippen LogP) is 1.63. The number of hydrogen-bond donors (Lipinski definition) is 1. The molecule has 1 N–H and O–H groups in total. The normalized spacial score (nSPS) is 26.1. The molecule has 26 heavy (non-hydrogen) atoms. The third-order valence-corrected chi connectivity index (χ3v) is 4.70. The molecule has 3 rings (SSSR count). The molecule has 0 radical (unpaired) electrons. The Morgan fingerprint density at radius 2 is 1.69 bits per heavy atom. The van der Waals surface area contributed by atoms with Crippen LogP contribution in [0.1, 0.15) is 27.2 Å². The molecule has 0 unspecified atom stereocenters. The van der Waals surface area contributed by atoms with E-state index in [9.17, 15) is 14.4 Å². The molecule has 2 heterocycles. The van der Waals surface area contributed by atoms with Crippen LogP contribution in [-0.2, 0) is 19.1 Å². The molecule has 2 aliphatic rings. The van der Waals surface area contributed by atoms with Gasteiger partial charge in [0.25, 0.3) is 0 Å². The van der Waals surface area contributed by atoms with Crippen LogP contribution in [0.2, 0.25) is 0 Å². The molecule has 3 atom stereocenters. The molecule has 7 nitrogen and oxygen atoms in total. The number of rotatable bonds is 3. The molecule has 2 fully saturated rings. The van der Waals surface area contributed by atoms with Crippen LogP contribution in [0.25, 0.3) is 0 Å². The van der Waals surface area contributed by atoms with E-state index in [1.807, 2.05) is 18.7 Å². The van der Waals surface area contributed by atoms with Crippen molar-refractivity contribution in [3.63, 3.8) is 0 Å². The monoisotopic (exact) mass is 359 g/mol. The van der Waals surface area contributed by atoms with Crippen molar-refractivity contribution in [3.05, 3.63) is 24.3 Å². The van der Waals surface area contributed by atoms with Crippen molar-refractivity contribution < 1.29 is 19.1 Å². The number of amides is 3. The third-order valence-electron chi connectivity index (χ3n) is 4.70. The molecule has 0 saturated carbocycles. The minimum Gasteiger partial charge on any atom is -0.372 e. The lowest BCUT2D eigenvalue weighted by Gasteiger charge is -2.36. The Kier molecular flexibility index (Phi) is 5.27. The van der Waals surface area contributed by atoms with E-state index in [-0.39, 0.29) is 42.3 Å². The summed E-state index contributed by atoms with van der Waals surface area (Å²) in [7, 11) is 0. The van der Waals surface area contributed by atoms with Crippen molar-refractivity contribution >= 4 is 29.1 Å². The third kappa shape index (κ3) is 4.04. The average Bonchev–Trinajstić information content (AvgIpc) is 2.95. The summed E-state index contributed by atoms with van der Waals surface area (Å²) in [4.78, 5) is 39.8. The zero-order chi connectivity index (χ0) is 18.8. The van der Waals surface area contributed by atoms with E-state index in [1.54, 1.807) is 29.2 Å². The molecule has 3 amide bonds. The number of nitrogens with one attached hydrogen (secondary N) is 1. The zero-order valence-electron chi connectivity index (χ0n) is 15.4. The first-order chi connectivity index (χ1) is 12.3. The number of nitrogens with zero attached hydrogens (tertiary/aromatic N) is 2. The van der Waals surface area contributed by atoms with Crippen LogP contribution in [0.15, 0.2) is 24.3 Å². The van der Waals surface area contributed by atoms with Gasteiger partial charge in [0.1, 0.15) is 0 Å². The van der Waals surface area contributed by atoms with Crippen LogP contribution in [-0.4, -0.2) is 54.5 Å². The van der Waals surface area contributed by atoms with E-state index in [0.717, 1.165) is 5.69 Å². The minimum absolute atomic E-state index is 0.0113. The van der Waals surface area contributed by atoms with Gasteiger partial charge < -0.3 is 19.9 Å². The molecule has 0 bridgehead atoms. The molecule has 140 valence electrons. The standard InChI is InChI=1S/C19H25N3O4/c1-12-9-21(10-13(2)26-12)19(25)15-8-18(24)22(11-15)17-6-4-16(5-7-17)20-14(3)23/h4-7,12-13,15H,8-11H2,1-3H3,(H,20,23)/t12-,13+,15-/m0/s1. The Hall–Kier alpha value is -2.41. The fraction of sp³-hybridized carbons (Fsp3) is 0.526. The van der Waals surface area contributed by atoms with Gasteiger partial charge in [-0.1, -0.05) is 0 Å². The van der Waals surface area contributed by atoms with Gasteiger partial charge in [0.05, 0.1) is 18.1 Å². The van der Waals surface area contributed by atoms with Gasteiger partial charge in [-0.05, 0) is 38.1 Å². The number of morpholine rings is 1. The second-order valence-corrected chi connectivity index (χ2v) is 7.13. The molecule has 0 aliphatic carbocycles. The van der Waals surface area contributed by atoms with Gasteiger partial charge in [0.15, 0.2) is 0 Å². The maximum atomic E-state index is 12.8. The number of hydrogen-bond acceptors (Lipinski definition) is 4. The number of anilines is 2.